The van der Waals surface area contributed by atoms with E-state index in [4.69, 9.17) is 14.0 Å². The van der Waals surface area contributed by atoms with Crippen LogP contribution in [-0.2, 0) is 15.9 Å². The first-order valence-electron chi connectivity index (χ1n) is 9.09. The molecule has 0 spiro atoms. The number of nitrogens with one attached hydrogen (secondary N) is 1. The second-order valence-electron chi connectivity index (χ2n) is 7.98. The Kier molecular flexibility index (Phi) is 5.17. The summed E-state index contributed by atoms with van der Waals surface area (Å²) in [5.74, 6) is 0.738. The normalized spacial score (nSPS) is 24.0. The van der Waals surface area contributed by atoms with Crippen LogP contribution < -0.4 is 10.1 Å². The van der Waals surface area contributed by atoms with Crippen LogP contribution in [0.2, 0.25) is 5.82 Å². The quantitative estimate of drug-likeness (QED) is 0.834. The molecule has 2 amide bonds. The summed E-state index contributed by atoms with van der Waals surface area (Å²) < 4.78 is 17.4. The maximum absolute atomic E-state index is 12.5. The van der Waals surface area contributed by atoms with Crippen LogP contribution in [-0.4, -0.2) is 54.4 Å². The number of likely N-dealkylation sites (tertiary alicyclic amines) is 1. The second kappa shape index (κ2) is 7.08. The first-order valence-corrected chi connectivity index (χ1v) is 9.09. The highest BCUT2D eigenvalue weighted by molar-refractivity contribution is 6.47. The highest BCUT2D eigenvalue weighted by Crippen LogP contribution is 2.42. The number of hydrogen-bond acceptors (Lipinski definition) is 5. The Bertz CT molecular complexity index is 652. The molecule has 1 aromatic heterocycles. The summed E-state index contributed by atoms with van der Waals surface area (Å²) in [6.45, 7) is 9.99. The lowest BCUT2D eigenvalue weighted by atomic mass is 9.71. The fourth-order valence-corrected chi connectivity index (χ4v) is 3.24. The number of carbonyl (C=O) groups is 1. The zero-order valence-electron chi connectivity index (χ0n) is 16.2. The number of pyridine rings is 1. The number of nitrogens with zero attached hydrogens (tertiary/aromatic N) is 2. The van der Waals surface area contributed by atoms with E-state index in [1.807, 2.05) is 17.0 Å². The molecular formula is C18H28BN3O4. The van der Waals surface area contributed by atoms with E-state index < -0.39 is 0 Å². The Morgan fingerprint density at radius 1 is 1.38 bits per heavy atom. The summed E-state index contributed by atoms with van der Waals surface area (Å²) in [6, 6.07) is 3.61. The molecule has 26 heavy (non-hydrogen) atoms. The van der Waals surface area contributed by atoms with Crippen LogP contribution in [0, 0.1) is 0 Å². The molecule has 142 valence electrons. The molecule has 2 aliphatic heterocycles. The van der Waals surface area contributed by atoms with E-state index in [0.29, 0.717) is 25.5 Å². The fraction of sp³-hybridized carbons (Fsp3) is 0.667. The molecule has 8 heteroatoms. The van der Waals surface area contributed by atoms with Gasteiger partial charge in [0.25, 0.3) is 0 Å². The van der Waals surface area contributed by atoms with Gasteiger partial charge in [-0.15, -0.1) is 0 Å². The Labute approximate surface area is 155 Å². The van der Waals surface area contributed by atoms with Crippen molar-refractivity contribution in [1.82, 2.24) is 15.2 Å². The minimum atomic E-state index is -0.340. The molecule has 0 saturated carbocycles. The minimum Gasteiger partial charge on any atom is -0.481 e. The molecule has 3 rings (SSSR count). The third-order valence-electron chi connectivity index (χ3n) is 5.62. The third kappa shape index (κ3) is 3.81. The van der Waals surface area contributed by atoms with E-state index in [1.165, 1.54) is 0 Å². The van der Waals surface area contributed by atoms with Crippen molar-refractivity contribution in [3.05, 3.63) is 23.9 Å². The first kappa shape index (κ1) is 19.0. The van der Waals surface area contributed by atoms with Gasteiger partial charge in [-0.25, -0.2) is 9.78 Å². The summed E-state index contributed by atoms with van der Waals surface area (Å²) >= 11 is 0. The van der Waals surface area contributed by atoms with Crippen molar-refractivity contribution in [3.63, 3.8) is 0 Å². The lowest BCUT2D eigenvalue weighted by Crippen LogP contribution is -2.41. The van der Waals surface area contributed by atoms with Gasteiger partial charge >= 0.3 is 13.1 Å². The number of rotatable bonds is 4. The number of methoxy groups -OCH3 is 1. The Hall–Kier alpha value is -1.80. The van der Waals surface area contributed by atoms with Crippen LogP contribution in [0.25, 0.3) is 0 Å². The third-order valence-corrected chi connectivity index (χ3v) is 5.62. The highest BCUT2D eigenvalue weighted by atomic mass is 16.7. The maximum atomic E-state index is 12.5. The van der Waals surface area contributed by atoms with E-state index in [-0.39, 0.29) is 30.2 Å². The van der Waals surface area contributed by atoms with Crippen LogP contribution >= 0.6 is 0 Å². The molecule has 7 nitrogen and oxygen atoms in total. The molecule has 0 aliphatic carbocycles. The molecule has 0 radical (unpaired) electrons. The average molecular weight is 361 g/mol. The van der Waals surface area contributed by atoms with E-state index in [2.05, 4.69) is 38.0 Å². The van der Waals surface area contributed by atoms with Gasteiger partial charge < -0.3 is 24.3 Å². The summed E-state index contributed by atoms with van der Waals surface area (Å²) in [7, 11) is 1.31. The molecule has 0 aromatic carbocycles. The van der Waals surface area contributed by atoms with Gasteiger partial charge in [0, 0.05) is 37.7 Å². The van der Waals surface area contributed by atoms with E-state index >= 15 is 0 Å². The van der Waals surface area contributed by atoms with Gasteiger partial charge in [-0.2, -0.15) is 0 Å². The largest absolute Gasteiger partial charge is 0.481 e. The van der Waals surface area contributed by atoms with Gasteiger partial charge in [0.1, 0.15) is 0 Å². The van der Waals surface area contributed by atoms with Crippen molar-refractivity contribution in [2.45, 2.75) is 57.7 Å². The van der Waals surface area contributed by atoms with Crippen molar-refractivity contribution in [2.75, 3.05) is 20.2 Å². The zero-order valence-corrected chi connectivity index (χ0v) is 16.2. The summed E-state index contributed by atoms with van der Waals surface area (Å²) in [4.78, 5) is 18.4. The minimum absolute atomic E-state index is 0.0696. The predicted molar refractivity (Wildman–Crippen MR) is 99.0 cm³/mol. The predicted octanol–water partition coefficient (Wildman–Crippen LogP) is 2.47. The van der Waals surface area contributed by atoms with Gasteiger partial charge in [-0.1, -0.05) is 0 Å². The van der Waals surface area contributed by atoms with Crippen LogP contribution in [0.15, 0.2) is 18.3 Å². The van der Waals surface area contributed by atoms with Crippen LogP contribution in [0.1, 0.15) is 39.7 Å². The molecule has 3 heterocycles. The van der Waals surface area contributed by atoms with Crippen LogP contribution in [0.3, 0.4) is 0 Å². The van der Waals surface area contributed by atoms with E-state index in [0.717, 1.165) is 12.0 Å². The average Bonchev–Trinajstić information content (AvgIpc) is 3.16. The number of hydrogen-bond donors (Lipinski definition) is 1. The van der Waals surface area contributed by atoms with Crippen molar-refractivity contribution in [3.8, 4) is 5.88 Å². The smallest absolute Gasteiger partial charge is 0.463 e. The topological polar surface area (TPSA) is 72.9 Å². The number of aromatic nitrogens is 1. The van der Waals surface area contributed by atoms with Crippen molar-refractivity contribution >= 4 is 13.1 Å². The maximum Gasteiger partial charge on any atom is 0.463 e. The monoisotopic (exact) mass is 361 g/mol. The Balaban J connectivity index is 1.51. The van der Waals surface area contributed by atoms with Gasteiger partial charge in [0.2, 0.25) is 5.88 Å². The summed E-state index contributed by atoms with van der Waals surface area (Å²) in [5, 5.41) is 2.96. The van der Waals surface area contributed by atoms with Gasteiger partial charge in [-0.05, 0) is 45.7 Å². The van der Waals surface area contributed by atoms with Gasteiger partial charge in [-0.3, -0.25) is 0 Å². The molecular weight excluding hydrogens is 333 g/mol. The molecule has 2 fully saturated rings. The van der Waals surface area contributed by atoms with E-state index in [1.54, 1.807) is 13.3 Å². The lowest BCUT2D eigenvalue weighted by molar-refractivity contribution is 0.00578. The van der Waals surface area contributed by atoms with Crippen molar-refractivity contribution in [2.24, 2.45) is 0 Å². The number of carbonyl (C=O) groups excluding carboxylic acids is 1. The fourth-order valence-electron chi connectivity index (χ4n) is 3.24. The standard InChI is InChI=1S/C18H28BN3O4/c1-17(2)18(3,4)26-19(25-17)14-7-9-22(12-14)16(23)21-11-13-6-8-20-15(10-13)24-5/h6,8,10,14H,7,9,11-12H2,1-5H3,(H,21,23). The van der Waals surface area contributed by atoms with E-state index in [9.17, 15) is 4.79 Å². The number of ether oxygens (including phenoxy) is 1. The molecule has 0 bridgehead atoms. The molecule has 1 atom stereocenters. The summed E-state index contributed by atoms with van der Waals surface area (Å²) in [5.41, 5.74) is 0.272. The molecule has 1 aromatic rings. The second-order valence-corrected chi connectivity index (χ2v) is 7.98. The van der Waals surface area contributed by atoms with Crippen LogP contribution in [0.4, 0.5) is 4.79 Å². The first-order chi connectivity index (χ1) is 12.2. The SMILES string of the molecule is COc1cc(CNC(=O)N2CCC(B3OC(C)(C)C(C)(C)O3)C2)ccn1. The zero-order chi connectivity index (χ0) is 18.9. The summed E-state index contributed by atoms with van der Waals surface area (Å²) in [6.07, 6.45) is 2.55. The van der Waals surface area contributed by atoms with Crippen molar-refractivity contribution < 1.29 is 18.8 Å². The molecule has 2 saturated heterocycles. The van der Waals surface area contributed by atoms with Gasteiger partial charge in [0.05, 0.1) is 18.3 Å². The Morgan fingerprint density at radius 3 is 2.73 bits per heavy atom. The van der Waals surface area contributed by atoms with Crippen molar-refractivity contribution in [1.29, 1.82) is 0 Å². The number of urea groups is 1. The van der Waals surface area contributed by atoms with Crippen LogP contribution in [0.5, 0.6) is 5.88 Å². The molecule has 1 unspecified atom stereocenters. The molecule has 1 N–H and O–H groups in total. The number of amides is 2. The lowest BCUT2D eigenvalue weighted by Gasteiger charge is -2.32. The highest BCUT2D eigenvalue weighted by Gasteiger charge is 2.54. The Morgan fingerprint density at radius 2 is 2.08 bits per heavy atom. The van der Waals surface area contributed by atoms with Gasteiger partial charge in [0.15, 0.2) is 0 Å². The molecule has 2 aliphatic rings.